The molecule has 18 heavy (non-hydrogen) atoms. The van der Waals surface area contributed by atoms with E-state index in [1.54, 1.807) is 25.7 Å². The third-order valence-corrected chi connectivity index (χ3v) is 2.85. The summed E-state index contributed by atoms with van der Waals surface area (Å²) in [5.74, 6) is -0.920. The smallest absolute Gasteiger partial charge is 0.411 e. The highest BCUT2D eigenvalue weighted by molar-refractivity contribution is 6.17. The van der Waals surface area contributed by atoms with Crippen molar-refractivity contribution in [2.24, 2.45) is 5.92 Å². The lowest BCUT2D eigenvalue weighted by molar-refractivity contribution is -0.142. The summed E-state index contributed by atoms with van der Waals surface area (Å²) in [7, 11) is 0. The van der Waals surface area contributed by atoms with Crippen molar-refractivity contribution in [2.75, 3.05) is 6.54 Å². The molecule has 0 aromatic carbocycles. The second-order valence-corrected chi connectivity index (χ2v) is 5.75. The van der Waals surface area contributed by atoms with Gasteiger partial charge in [-0.15, -0.1) is 6.08 Å². The Labute approximate surface area is 115 Å². The van der Waals surface area contributed by atoms with Gasteiger partial charge in [-0.25, -0.2) is 9.59 Å². The number of aliphatic carboxylic acids is 1. The molecule has 1 aliphatic heterocycles. The highest BCUT2D eigenvalue weighted by atomic mass is 27.0. The van der Waals surface area contributed by atoms with Crippen molar-refractivity contribution in [1.29, 1.82) is 0 Å². The van der Waals surface area contributed by atoms with Crippen molar-refractivity contribution in [3.63, 3.8) is 0 Å². The molecule has 0 bridgehead atoms. The number of rotatable bonds is 2. The predicted octanol–water partition coefficient (Wildman–Crippen LogP) is 1.38. The summed E-state index contributed by atoms with van der Waals surface area (Å²) in [5, 5.41) is 9.14. The van der Waals surface area contributed by atoms with Crippen molar-refractivity contribution < 1.29 is 19.4 Å². The van der Waals surface area contributed by atoms with Gasteiger partial charge in [-0.05, 0) is 33.1 Å². The molecule has 1 aliphatic rings. The molecule has 0 saturated carbocycles. The van der Waals surface area contributed by atoms with Gasteiger partial charge in [-0.3, -0.25) is 4.90 Å². The number of hydrogen-bond acceptors (Lipinski definition) is 3. The first-order valence-corrected chi connectivity index (χ1v) is 6.52. The maximum atomic E-state index is 11.9. The van der Waals surface area contributed by atoms with Crippen molar-refractivity contribution in [1.82, 2.24) is 4.90 Å². The summed E-state index contributed by atoms with van der Waals surface area (Å²) in [4.78, 5) is 26.2. The van der Waals surface area contributed by atoms with Gasteiger partial charge in [0.25, 0.3) is 0 Å². The van der Waals surface area contributed by atoms with Crippen LogP contribution < -0.4 is 0 Å². The zero-order chi connectivity index (χ0) is 13.9. The third-order valence-electron chi connectivity index (χ3n) is 2.63. The standard InChI is InChI=1S/C12H18NO4.Al/c1-5-8-6-9(10(14)15)13(7-8)11(16)17-12(2,3)4;/h1,5,8-9H,6-7H2,2-4H3,(H,14,15);/t8?,9-;/m0./s1. The van der Waals surface area contributed by atoms with Crippen molar-refractivity contribution in [3.05, 3.63) is 11.0 Å². The fourth-order valence-corrected chi connectivity index (χ4v) is 2.24. The zero-order valence-electron chi connectivity index (χ0n) is 10.9. The number of ether oxygens (including phenoxy) is 1. The zero-order valence-corrected chi connectivity index (χ0v) is 12.1. The average molecular weight is 267 g/mol. The Balaban J connectivity index is 2.78. The van der Waals surface area contributed by atoms with E-state index in [2.05, 4.69) is 16.3 Å². The van der Waals surface area contributed by atoms with Crippen LogP contribution in [0.25, 0.3) is 0 Å². The minimum atomic E-state index is -0.986. The average Bonchev–Trinajstić information content (AvgIpc) is 2.59. The molecule has 1 N–H and O–H groups in total. The Morgan fingerprint density at radius 2 is 2.06 bits per heavy atom. The van der Waals surface area contributed by atoms with E-state index in [-0.39, 0.29) is 5.92 Å². The number of likely N-dealkylation sites (tertiary alicyclic amines) is 1. The monoisotopic (exact) mass is 267 g/mol. The van der Waals surface area contributed by atoms with Gasteiger partial charge in [0.2, 0.25) is 0 Å². The van der Waals surface area contributed by atoms with E-state index >= 15 is 0 Å². The Bertz CT molecular complexity index is 362. The molecule has 2 radical (unpaired) electrons. The molecule has 1 heterocycles. The molecule has 0 aromatic rings. The van der Waals surface area contributed by atoms with E-state index < -0.39 is 23.7 Å². The third kappa shape index (κ3) is 4.04. The second-order valence-electron chi connectivity index (χ2n) is 5.37. The van der Waals surface area contributed by atoms with Crippen LogP contribution in [0.2, 0.25) is 0 Å². The lowest BCUT2D eigenvalue weighted by atomic mass is 10.1. The Hall–Kier alpha value is -0.988. The van der Waals surface area contributed by atoms with Gasteiger partial charge in [0.05, 0.1) is 0 Å². The molecule has 1 saturated heterocycles. The highest BCUT2D eigenvalue weighted by Gasteiger charge is 2.40. The molecule has 1 rings (SSSR count). The van der Waals surface area contributed by atoms with Gasteiger partial charge in [-0.2, -0.15) is 4.94 Å². The summed E-state index contributed by atoms with van der Waals surface area (Å²) in [5.41, 5.74) is -0.616. The quantitative estimate of drug-likeness (QED) is 0.767. The molecule has 98 valence electrons. The maximum absolute atomic E-state index is 11.9. The molecule has 0 aliphatic carbocycles. The van der Waals surface area contributed by atoms with Crippen LogP contribution in [0.4, 0.5) is 4.79 Å². The first-order chi connectivity index (χ1) is 8.24. The second kappa shape index (κ2) is 5.77. The number of carbonyl (C=O) groups is 2. The maximum Gasteiger partial charge on any atom is 0.411 e. The lowest BCUT2D eigenvalue weighted by Crippen LogP contribution is -2.43. The predicted molar refractivity (Wildman–Crippen MR) is 67.4 cm³/mol. The molecular formula is C12H18AlNO4. The largest absolute Gasteiger partial charge is 0.480 e. The fraction of sp³-hybridized carbons (Fsp3) is 0.667. The van der Waals surface area contributed by atoms with Crippen molar-refractivity contribution in [3.8, 4) is 0 Å². The van der Waals surface area contributed by atoms with Crippen LogP contribution in [0.3, 0.4) is 0 Å². The number of carboxylic acid groups (broad SMARTS) is 1. The van der Waals surface area contributed by atoms with E-state index in [0.29, 0.717) is 13.0 Å². The molecule has 1 unspecified atom stereocenters. The van der Waals surface area contributed by atoms with Gasteiger partial charge in [0.1, 0.15) is 11.6 Å². The minimum Gasteiger partial charge on any atom is -0.480 e. The number of carboxylic acids is 1. The van der Waals surface area contributed by atoms with Crippen LogP contribution in [0.1, 0.15) is 27.2 Å². The van der Waals surface area contributed by atoms with Crippen LogP contribution in [0.15, 0.2) is 11.0 Å². The normalized spacial score (nSPS) is 24.5. The highest BCUT2D eigenvalue weighted by Crippen LogP contribution is 2.26. The first-order valence-electron chi connectivity index (χ1n) is 5.85. The molecular weight excluding hydrogens is 249 g/mol. The van der Waals surface area contributed by atoms with E-state index in [0.717, 1.165) is 0 Å². The molecule has 0 aromatic heterocycles. The Morgan fingerprint density at radius 1 is 1.44 bits per heavy atom. The van der Waals surface area contributed by atoms with Crippen LogP contribution in [0, 0.1) is 5.92 Å². The SMILES string of the molecule is CC(C)(C)OC(=O)N1CC(/C=[CH]/[Al])C[C@H]1C(=O)O. The van der Waals surface area contributed by atoms with Gasteiger partial charge in [-0.1, -0.05) is 0 Å². The number of nitrogens with zero attached hydrogens (tertiary/aromatic N) is 1. The molecule has 1 amide bonds. The number of hydrogen-bond donors (Lipinski definition) is 1. The summed E-state index contributed by atoms with van der Waals surface area (Å²) < 4.78 is 5.22. The van der Waals surface area contributed by atoms with Crippen molar-refractivity contribution in [2.45, 2.75) is 38.8 Å². The van der Waals surface area contributed by atoms with Crippen molar-refractivity contribution >= 4 is 28.4 Å². The van der Waals surface area contributed by atoms with E-state index in [9.17, 15) is 9.59 Å². The summed E-state index contributed by atoms with van der Waals surface area (Å²) in [6.07, 6.45) is 1.76. The van der Waals surface area contributed by atoms with Crippen LogP contribution >= 0.6 is 0 Å². The topological polar surface area (TPSA) is 66.8 Å². The van der Waals surface area contributed by atoms with Gasteiger partial charge >= 0.3 is 12.1 Å². The van der Waals surface area contributed by atoms with Gasteiger partial charge in [0, 0.05) is 6.54 Å². The molecule has 5 nitrogen and oxygen atoms in total. The summed E-state index contributed by atoms with van der Waals surface area (Å²) >= 11 is 2.45. The van der Waals surface area contributed by atoms with E-state index in [1.165, 1.54) is 4.90 Å². The minimum absolute atomic E-state index is 0.0659. The molecule has 0 spiro atoms. The lowest BCUT2D eigenvalue weighted by Gasteiger charge is -2.26. The first kappa shape index (κ1) is 15.1. The Morgan fingerprint density at radius 3 is 2.50 bits per heavy atom. The van der Waals surface area contributed by atoms with E-state index in [1.807, 2.05) is 6.08 Å². The number of amides is 1. The summed E-state index contributed by atoms with van der Waals surface area (Å²) in [6.45, 7) is 5.67. The van der Waals surface area contributed by atoms with Gasteiger partial charge in [0.15, 0.2) is 16.3 Å². The fourth-order valence-electron chi connectivity index (χ4n) is 1.92. The van der Waals surface area contributed by atoms with Crippen LogP contribution in [0.5, 0.6) is 0 Å². The van der Waals surface area contributed by atoms with Gasteiger partial charge < -0.3 is 9.84 Å². The molecule has 6 heteroatoms. The summed E-state index contributed by atoms with van der Waals surface area (Å²) in [6, 6.07) is -0.800. The molecule has 1 fully saturated rings. The number of carbonyl (C=O) groups excluding carboxylic acids is 1. The van der Waals surface area contributed by atoms with Crippen LogP contribution in [-0.2, 0) is 9.53 Å². The van der Waals surface area contributed by atoms with Crippen LogP contribution in [-0.4, -0.2) is 56.5 Å². The molecule has 2 atom stereocenters. The van der Waals surface area contributed by atoms with E-state index in [4.69, 9.17) is 9.84 Å². The Kier molecular flexibility index (Phi) is 4.83.